The predicted octanol–water partition coefficient (Wildman–Crippen LogP) is 2.09. The van der Waals surface area contributed by atoms with Gasteiger partial charge < -0.3 is 4.90 Å². The van der Waals surface area contributed by atoms with Crippen molar-refractivity contribution < 1.29 is 0 Å². The zero-order chi connectivity index (χ0) is 12.5. The van der Waals surface area contributed by atoms with Crippen molar-refractivity contribution in [3.63, 3.8) is 0 Å². The van der Waals surface area contributed by atoms with E-state index in [1.165, 1.54) is 5.69 Å². The average molecular weight is 229 g/mol. The first-order chi connectivity index (χ1) is 8.03. The molecule has 0 N–H and O–H groups in total. The highest BCUT2D eigenvalue weighted by Crippen LogP contribution is 2.24. The Kier molecular flexibility index (Phi) is 3.08. The van der Waals surface area contributed by atoms with Gasteiger partial charge in [0.05, 0.1) is 11.6 Å². The molecule has 0 bridgehead atoms. The van der Waals surface area contributed by atoms with Gasteiger partial charge in [0.1, 0.15) is 0 Å². The lowest BCUT2D eigenvalue weighted by Crippen LogP contribution is -2.57. The lowest BCUT2D eigenvalue weighted by atomic mass is 9.99. The minimum atomic E-state index is 0.201. The Morgan fingerprint density at radius 3 is 2.35 bits per heavy atom. The van der Waals surface area contributed by atoms with Crippen LogP contribution in [0.5, 0.6) is 0 Å². The van der Waals surface area contributed by atoms with Crippen LogP contribution in [0.4, 0.5) is 5.69 Å². The van der Waals surface area contributed by atoms with Gasteiger partial charge in [0.15, 0.2) is 0 Å². The van der Waals surface area contributed by atoms with E-state index in [-0.39, 0.29) is 5.54 Å². The summed E-state index contributed by atoms with van der Waals surface area (Å²) in [7, 11) is 2.18. The molecule has 1 aliphatic heterocycles. The van der Waals surface area contributed by atoms with Crippen LogP contribution in [-0.4, -0.2) is 37.1 Å². The van der Waals surface area contributed by atoms with Crippen molar-refractivity contribution in [3.8, 4) is 6.07 Å². The van der Waals surface area contributed by atoms with Gasteiger partial charge >= 0.3 is 0 Å². The third-order valence-corrected chi connectivity index (χ3v) is 3.68. The molecule has 0 saturated carbocycles. The van der Waals surface area contributed by atoms with E-state index < -0.39 is 0 Å². The Morgan fingerprint density at radius 1 is 1.18 bits per heavy atom. The fourth-order valence-corrected chi connectivity index (χ4v) is 2.21. The van der Waals surface area contributed by atoms with Crippen LogP contribution in [0.3, 0.4) is 0 Å². The molecule has 0 amide bonds. The molecule has 1 aliphatic rings. The number of hydrogen-bond donors (Lipinski definition) is 0. The Balaban J connectivity index is 2.15. The van der Waals surface area contributed by atoms with Crippen molar-refractivity contribution >= 4 is 5.69 Å². The molecule has 1 saturated heterocycles. The van der Waals surface area contributed by atoms with Crippen molar-refractivity contribution in [3.05, 3.63) is 29.8 Å². The SMILES string of the molecule is CN1CCN(c2ccc(C#N)cc2)CC1(C)C. The van der Waals surface area contributed by atoms with Gasteiger partial charge in [-0.15, -0.1) is 0 Å². The smallest absolute Gasteiger partial charge is 0.0991 e. The monoisotopic (exact) mass is 229 g/mol. The van der Waals surface area contributed by atoms with Gasteiger partial charge in [-0.05, 0) is 45.2 Å². The molecule has 0 radical (unpaired) electrons. The lowest BCUT2D eigenvalue weighted by molar-refractivity contribution is 0.139. The van der Waals surface area contributed by atoms with Gasteiger partial charge in [-0.1, -0.05) is 0 Å². The topological polar surface area (TPSA) is 30.3 Å². The number of benzene rings is 1. The fourth-order valence-electron chi connectivity index (χ4n) is 2.21. The number of nitrogens with zero attached hydrogens (tertiary/aromatic N) is 3. The van der Waals surface area contributed by atoms with Crippen LogP contribution in [0.25, 0.3) is 0 Å². The van der Waals surface area contributed by atoms with Crippen molar-refractivity contribution in [2.45, 2.75) is 19.4 Å². The number of rotatable bonds is 1. The van der Waals surface area contributed by atoms with E-state index >= 15 is 0 Å². The van der Waals surface area contributed by atoms with E-state index in [0.717, 1.165) is 25.2 Å². The highest BCUT2D eigenvalue weighted by atomic mass is 15.3. The maximum atomic E-state index is 8.79. The Labute approximate surface area is 103 Å². The van der Waals surface area contributed by atoms with Crippen LogP contribution >= 0.6 is 0 Å². The molecule has 2 rings (SSSR count). The normalized spacial score (nSPS) is 20.0. The third-order valence-electron chi connectivity index (χ3n) is 3.68. The second kappa shape index (κ2) is 4.38. The fraction of sp³-hybridized carbons (Fsp3) is 0.500. The number of nitriles is 1. The average Bonchev–Trinajstić information content (AvgIpc) is 2.33. The Morgan fingerprint density at radius 2 is 1.82 bits per heavy atom. The largest absolute Gasteiger partial charge is 0.368 e. The lowest BCUT2D eigenvalue weighted by Gasteiger charge is -2.46. The molecule has 1 aromatic carbocycles. The molecule has 0 aromatic heterocycles. The van der Waals surface area contributed by atoms with Crippen molar-refractivity contribution in [2.75, 3.05) is 31.6 Å². The van der Waals surface area contributed by atoms with Crippen LogP contribution < -0.4 is 4.90 Å². The Bertz CT molecular complexity index is 428. The highest BCUT2D eigenvalue weighted by molar-refractivity contribution is 5.50. The van der Waals surface area contributed by atoms with Crippen molar-refractivity contribution in [1.29, 1.82) is 5.26 Å². The maximum absolute atomic E-state index is 8.79. The van der Waals surface area contributed by atoms with Gasteiger partial charge in [-0.25, -0.2) is 0 Å². The van der Waals surface area contributed by atoms with Crippen molar-refractivity contribution in [1.82, 2.24) is 4.90 Å². The number of hydrogen-bond acceptors (Lipinski definition) is 3. The molecule has 1 aromatic rings. The molecule has 0 spiro atoms. The van der Waals surface area contributed by atoms with E-state index in [1.807, 2.05) is 24.3 Å². The van der Waals surface area contributed by atoms with Crippen molar-refractivity contribution in [2.24, 2.45) is 0 Å². The summed E-state index contributed by atoms with van der Waals surface area (Å²) >= 11 is 0. The molecule has 1 heterocycles. The summed E-state index contributed by atoms with van der Waals surface area (Å²) in [5.41, 5.74) is 2.14. The van der Waals surface area contributed by atoms with Crippen LogP contribution in [0.2, 0.25) is 0 Å². The molecule has 0 unspecified atom stereocenters. The van der Waals surface area contributed by atoms with Crippen LogP contribution in [-0.2, 0) is 0 Å². The first kappa shape index (κ1) is 11.9. The minimum absolute atomic E-state index is 0.201. The van der Waals surface area contributed by atoms with E-state index in [0.29, 0.717) is 0 Å². The summed E-state index contributed by atoms with van der Waals surface area (Å²) < 4.78 is 0. The minimum Gasteiger partial charge on any atom is -0.368 e. The standard InChI is InChI=1S/C14H19N3/c1-14(2)11-17(9-8-16(14)3)13-6-4-12(10-15)5-7-13/h4-7H,8-9,11H2,1-3H3. The first-order valence-electron chi connectivity index (χ1n) is 5.99. The molecule has 0 atom stereocenters. The molecule has 3 heteroatoms. The molecule has 3 nitrogen and oxygen atoms in total. The summed E-state index contributed by atoms with van der Waals surface area (Å²) in [4.78, 5) is 4.79. The molecule has 1 fully saturated rings. The van der Waals surface area contributed by atoms with Gasteiger partial charge in [0, 0.05) is 30.9 Å². The summed E-state index contributed by atoms with van der Waals surface area (Å²) in [6.07, 6.45) is 0. The predicted molar refractivity (Wildman–Crippen MR) is 70.1 cm³/mol. The second-order valence-electron chi connectivity index (χ2n) is 5.31. The molecule has 90 valence electrons. The zero-order valence-electron chi connectivity index (χ0n) is 10.8. The van der Waals surface area contributed by atoms with E-state index in [1.54, 1.807) is 0 Å². The third kappa shape index (κ3) is 2.42. The number of piperazine rings is 1. The Hall–Kier alpha value is -1.53. The van der Waals surface area contributed by atoms with Gasteiger partial charge in [-0.2, -0.15) is 5.26 Å². The van der Waals surface area contributed by atoms with E-state index in [2.05, 4.69) is 36.8 Å². The van der Waals surface area contributed by atoms with Crippen LogP contribution in [0, 0.1) is 11.3 Å². The zero-order valence-corrected chi connectivity index (χ0v) is 10.8. The first-order valence-corrected chi connectivity index (χ1v) is 5.99. The summed E-state index contributed by atoms with van der Waals surface area (Å²) in [5, 5.41) is 8.79. The summed E-state index contributed by atoms with van der Waals surface area (Å²) in [6, 6.07) is 10.0. The molecule has 17 heavy (non-hydrogen) atoms. The van der Waals surface area contributed by atoms with Crippen LogP contribution in [0.15, 0.2) is 24.3 Å². The quantitative estimate of drug-likeness (QED) is 0.738. The summed E-state index contributed by atoms with van der Waals surface area (Å²) in [6.45, 7) is 7.68. The van der Waals surface area contributed by atoms with Crippen LogP contribution in [0.1, 0.15) is 19.4 Å². The molecular formula is C14H19N3. The number of anilines is 1. The second-order valence-corrected chi connectivity index (χ2v) is 5.31. The van der Waals surface area contributed by atoms with Gasteiger partial charge in [-0.3, -0.25) is 4.90 Å². The van der Waals surface area contributed by atoms with Gasteiger partial charge in [0.2, 0.25) is 0 Å². The summed E-state index contributed by atoms with van der Waals surface area (Å²) in [5.74, 6) is 0. The molecular weight excluding hydrogens is 210 g/mol. The maximum Gasteiger partial charge on any atom is 0.0991 e. The number of likely N-dealkylation sites (N-methyl/N-ethyl adjacent to an activating group) is 1. The highest BCUT2D eigenvalue weighted by Gasteiger charge is 2.30. The van der Waals surface area contributed by atoms with E-state index in [4.69, 9.17) is 5.26 Å². The van der Waals surface area contributed by atoms with E-state index in [9.17, 15) is 0 Å². The molecule has 0 aliphatic carbocycles. The van der Waals surface area contributed by atoms with Gasteiger partial charge in [0.25, 0.3) is 0 Å².